The van der Waals surface area contributed by atoms with Crippen LogP contribution in [0.3, 0.4) is 0 Å². The Balaban J connectivity index is 2.20. The van der Waals surface area contributed by atoms with Crippen molar-refractivity contribution in [3.8, 4) is 0 Å². The van der Waals surface area contributed by atoms with Crippen LogP contribution in [0.5, 0.6) is 0 Å². The van der Waals surface area contributed by atoms with E-state index in [1.54, 1.807) is 29.5 Å². The van der Waals surface area contributed by atoms with E-state index >= 15 is 0 Å². The minimum Gasteiger partial charge on any atom is -0.465 e. The maximum Gasteiger partial charge on any atom is 0.340 e. The minimum atomic E-state index is -0.395. The first-order valence-corrected chi connectivity index (χ1v) is 7.02. The Hall–Kier alpha value is -1.52. The summed E-state index contributed by atoms with van der Waals surface area (Å²) >= 11 is 7.60. The summed E-state index contributed by atoms with van der Waals surface area (Å²) in [5.74, 6) is -0.395. The van der Waals surface area contributed by atoms with Gasteiger partial charge in [-0.05, 0) is 42.1 Å². The van der Waals surface area contributed by atoms with Gasteiger partial charge < -0.3 is 10.1 Å². The molecular formula is C14H14ClNO2S. The number of aryl methyl sites for hydroxylation is 1. The Morgan fingerprint density at radius 3 is 2.84 bits per heavy atom. The number of carbonyl (C=O) groups excluding carboxylic acids is 1. The molecule has 19 heavy (non-hydrogen) atoms. The van der Waals surface area contributed by atoms with Crippen LogP contribution in [0, 0.1) is 6.92 Å². The summed E-state index contributed by atoms with van der Waals surface area (Å²) < 4.78 is 4.76. The van der Waals surface area contributed by atoms with Gasteiger partial charge in [0.25, 0.3) is 0 Å². The number of ether oxygens (including phenoxy) is 1. The molecule has 0 amide bonds. The molecule has 0 unspecified atom stereocenters. The molecule has 0 atom stereocenters. The van der Waals surface area contributed by atoms with E-state index < -0.39 is 5.97 Å². The number of esters is 1. The molecule has 0 fully saturated rings. The second kappa shape index (κ2) is 6.08. The van der Waals surface area contributed by atoms with Gasteiger partial charge in [-0.3, -0.25) is 0 Å². The topological polar surface area (TPSA) is 38.3 Å². The van der Waals surface area contributed by atoms with E-state index in [-0.39, 0.29) is 0 Å². The lowest BCUT2D eigenvalue weighted by atomic mass is 10.1. The summed E-state index contributed by atoms with van der Waals surface area (Å²) in [5, 5.41) is 5.81. The quantitative estimate of drug-likeness (QED) is 0.863. The molecule has 2 aromatic rings. The van der Waals surface area contributed by atoms with Gasteiger partial charge in [0.05, 0.1) is 12.7 Å². The van der Waals surface area contributed by atoms with Crippen molar-refractivity contribution >= 4 is 34.6 Å². The molecule has 1 aromatic heterocycles. The number of hydrogen-bond donors (Lipinski definition) is 1. The Kier molecular flexibility index (Phi) is 4.45. The predicted octanol–water partition coefficient (Wildman–Crippen LogP) is 4.11. The van der Waals surface area contributed by atoms with E-state index in [0.29, 0.717) is 17.1 Å². The molecule has 5 heteroatoms. The van der Waals surface area contributed by atoms with Crippen molar-refractivity contribution in [1.82, 2.24) is 0 Å². The van der Waals surface area contributed by atoms with E-state index in [4.69, 9.17) is 16.3 Å². The maximum absolute atomic E-state index is 11.7. The molecule has 0 bridgehead atoms. The zero-order chi connectivity index (χ0) is 13.8. The minimum absolute atomic E-state index is 0.395. The standard InChI is InChI=1S/C14H14ClNO2S/c1-9-5-6-19-13(9)8-16-12-4-3-10(15)7-11(12)14(17)18-2/h3-7,16H,8H2,1-2H3. The van der Waals surface area contributed by atoms with Crippen LogP contribution in [-0.4, -0.2) is 13.1 Å². The smallest absolute Gasteiger partial charge is 0.340 e. The van der Waals surface area contributed by atoms with E-state index in [0.717, 1.165) is 5.69 Å². The van der Waals surface area contributed by atoms with Crippen LogP contribution in [0.2, 0.25) is 5.02 Å². The van der Waals surface area contributed by atoms with Gasteiger partial charge in [-0.1, -0.05) is 11.6 Å². The number of nitrogens with one attached hydrogen (secondary N) is 1. The number of benzene rings is 1. The number of anilines is 1. The summed E-state index contributed by atoms with van der Waals surface area (Å²) in [5.41, 5.74) is 2.42. The van der Waals surface area contributed by atoms with Crippen molar-refractivity contribution in [2.24, 2.45) is 0 Å². The zero-order valence-electron chi connectivity index (χ0n) is 10.7. The highest BCUT2D eigenvalue weighted by Crippen LogP contribution is 2.23. The summed E-state index contributed by atoms with van der Waals surface area (Å²) in [7, 11) is 1.36. The molecule has 0 radical (unpaired) electrons. The molecule has 100 valence electrons. The highest BCUT2D eigenvalue weighted by molar-refractivity contribution is 7.10. The molecule has 0 aliphatic heterocycles. The van der Waals surface area contributed by atoms with Crippen molar-refractivity contribution < 1.29 is 9.53 Å². The van der Waals surface area contributed by atoms with Crippen LogP contribution in [0.25, 0.3) is 0 Å². The molecule has 1 N–H and O–H groups in total. The van der Waals surface area contributed by atoms with Crippen molar-refractivity contribution in [3.05, 3.63) is 50.7 Å². The molecular weight excluding hydrogens is 282 g/mol. The number of thiophene rings is 1. The summed E-state index contributed by atoms with van der Waals surface area (Å²) in [6.07, 6.45) is 0. The second-order valence-electron chi connectivity index (χ2n) is 4.06. The predicted molar refractivity (Wildman–Crippen MR) is 79.2 cm³/mol. The van der Waals surface area contributed by atoms with Crippen LogP contribution >= 0.6 is 22.9 Å². The maximum atomic E-state index is 11.7. The molecule has 1 heterocycles. The molecule has 0 spiro atoms. The molecule has 0 aliphatic carbocycles. The van der Waals surface area contributed by atoms with Gasteiger partial charge in [-0.25, -0.2) is 4.79 Å². The first-order chi connectivity index (χ1) is 9.11. The third-order valence-electron chi connectivity index (χ3n) is 2.79. The molecule has 0 saturated carbocycles. The third kappa shape index (κ3) is 3.28. The van der Waals surface area contributed by atoms with Gasteiger partial charge in [0.1, 0.15) is 0 Å². The van der Waals surface area contributed by atoms with E-state index in [1.807, 2.05) is 0 Å². The van der Waals surface area contributed by atoms with Gasteiger partial charge in [-0.2, -0.15) is 0 Å². The molecule has 0 saturated heterocycles. The lowest BCUT2D eigenvalue weighted by molar-refractivity contribution is 0.0602. The normalized spacial score (nSPS) is 10.3. The first-order valence-electron chi connectivity index (χ1n) is 5.76. The Morgan fingerprint density at radius 2 is 2.21 bits per heavy atom. The zero-order valence-corrected chi connectivity index (χ0v) is 12.3. The third-order valence-corrected chi connectivity index (χ3v) is 4.05. The summed E-state index contributed by atoms with van der Waals surface area (Å²) in [4.78, 5) is 12.9. The Morgan fingerprint density at radius 1 is 1.42 bits per heavy atom. The van der Waals surface area contributed by atoms with Crippen LogP contribution in [0.15, 0.2) is 29.6 Å². The van der Waals surface area contributed by atoms with Crippen LogP contribution in [0.4, 0.5) is 5.69 Å². The van der Waals surface area contributed by atoms with Gasteiger partial charge in [0.2, 0.25) is 0 Å². The van der Waals surface area contributed by atoms with Crippen LogP contribution in [0.1, 0.15) is 20.8 Å². The highest BCUT2D eigenvalue weighted by Gasteiger charge is 2.12. The number of methoxy groups -OCH3 is 1. The van der Waals surface area contributed by atoms with Gasteiger partial charge in [0.15, 0.2) is 0 Å². The van der Waals surface area contributed by atoms with Crippen LogP contribution in [-0.2, 0) is 11.3 Å². The highest BCUT2D eigenvalue weighted by atomic mass is 35.5. The number of hydrogen-bond acceptors (Lipinski definition) is 4. The van der Waals surface area contributed by atoms with Crippen LogP contribution < -0.4 is 5.32 Å². The van der Waals surface area contributed by atoms with Crippen molar-refractivity contribution in [1.29, 1.82) is 0 Å². The van der Waals surface area contributed by atoms with Crippen molar-refractivity contribution in [3.63, 3.8) is 0 Å². The average molecular weight is 296 g/mol. The van der Waals surface area contributed by atoms with Gasteiger partial charge in [0, 0.05) is 22.1 Å². The summed E-state index contributed by atoms with van der Waals surface area (Å²) in [6, 6.07) is 7.22. The molecule has 1 aromatic carbocycles. The molecule has 0 aliphatic rings. The number of carbonyl (C=O) groups is 1. The fraction of sp³-hybridized carbons (Fsp3) is 0.214. The van der Waals surface area contributed by atoms with E-state index in [9.17, 15) is 4.79 Å². The van der Waals surface area contributed by atoms with E-state index in [1.165, 1.54) is 17.6 Å². The lowest BCUT2D eigenvalue weighted by Crippen LogP contribution is -2.08. The van der Waals surface area contributed by atoms with Crippen molar-refractivity contribution in [2.45, 2.75) is 13.5 Å². The summed E-state index contributed by atoms with van der Waals surface area (Å²) in [6.45, 7) is 2.74. The largest absolute Gasteiger partial charge is 0.465 e. The number of halogens is 1. The number of rotatable bonds is 4. The lowest BCUT2D eigenvalue weighted by Gasteiger charge is -2.11. The molecule has 2 rings (SSSR count). The van der Waals surface area contributed by atoms with Gasteiger partial charge in [-0.15, -0.1) is 11.3 Å². The fourth-order valence-corrected chi connectivity index (χ4v) is 2.73. The SMILES string of the molecule is COC(=O)c1cc(Cl)ccc1NCc1sccc1C. The Bertz CT molecular complexity index is 595. The van der Waals surface area contributed by atoms with Gasteiger partial charge >= 0.3 is 5.97 Å². The van der Waals surface area contributed by atoms with E-state index in [2.05, 4.69) is 23.7 Å². The Labute approximate surface area is 121 Å². The molecule has 3 nitrogen and oxygen atoms in total. The fourth-order valence-electron chi connectivity index (χ4n) is 1.71. The van der Waals surface area contributed by atoms with Crippen molar-refractivity contribution in [2.75, 3.05) is 12.4 Å². The monoisotopic (exact) mass is 295 g/mol. The average Bonchev–Trinajstić information content (AvgIpc) is 2.82. The second-order valence-corrected chi connectivity index (χ2v) is 5.50. The first kappa shape index (κ1) is 13.9.